The van der Waals surface area contributed by atoms with Gasteiger partial charge < -0.3 is 4.90 Å². The van der Waals surface area contributed by atoms with Crippen molar-refractivity contribution in [3.63, 3.8) is 0 Å². The first kappa shape index (κ1) is 14.8. The van der Waals surface area contributed by atoms with Crippen LogP contribution < -0.4 is 4.72 Å². The summed E-state index contributed by atoms with van der Waals surface area (Å²) < 4.78 is 27.2. The number of sulfonamides is 1. The molecule has 0 spiro atoms. The fourth-order valence-electron chi connectivity index (χ4n) is 2.39. The molecule has 0 aromatic heterocycles. The Balaban J connectivity index is 1.97. The van der Waals surface area contributed by atoms with Gasteiger partial charge in [0.25, 0.3) is 0 Å². The summed E-state index contributed by atoms with van der Waals surface area (Å²) in [5, 5.41) is -0.427. The Kier molecular flexibility index (Phi) is 4.65. The van der Waals surface area contributed by atoms with E-state index in [1.807, 2.05) is 13.0 Å². The Morgan fingerprint density at radius 3 is 2.40 bits per heavy atom. The molecule has 2 rings (SSSR count). The van der Waals surface area contributed by atoms with Crippen molar-refractivity contribution >= 4 is 21.6 Å². The maximum absolute atomic E-state index is 12.3. The van der Waals surface area contributed by atoms with Crippen molar-refractivity contribution in [1.29, 1.82) is 0 Å². The fourth-order valence-corrected chi connectivity index (χ4v) is 3.86. The molecular weight excluding hydrogens is 276 g/mol. The molecule has 0 bridgehead atoms. The molecule has 1 fully saturated rings. The molecule has 1 saturated heterocycles. The van der Waals surface area contributed by atoms with Crippen LogP contribution >= 0.6 is 0 Å². The molecule has 6 heteroatoms. The number of amides is 1. The molecule has 0 radical (unpaired) electrons. The molecule has 0 aliphatic carbocycles. The summed E-state index contributed by atoms with van der Waals surface area (Å²) in [7, 11) is -3.38. The summed E-state index contributed by atoms with van der Waals surface area (Å²) in [4.78, 5) is 13.3. The highest BCUT2D eigenvalue weighted by molar-refractivity contribution is 7.93. The summed E-state index contributed by atoms with van der Waals surface area (Å²) in [6, 6.07) is 8.88. The predicted molar refractivity (Wildman–Crippen MR) is 78.9 cm³/mol. The number of para-hydroxylation sites is 1. The molecule has 1 aliphatic heterocycles. The minimum absolute atomic E-state index is 0.0943. The number of anilines is 1. The van der Waals surface area contributed by atoms with E-state index in [0.29, 0.717) is 38.0 Å². The number of hydrogen-bond donors (Lipinski definition) is 1. The average molecular weight is 296 g/mol. The third-order valence-corrected chi connectivity index (χ3v) is 5.44. The normalized spacial score (nSPS) is 16.9. The highest BCUT2D eigenvalue weighted by Crippen LogP contribution is 2.20. The summed E-state index contributed by atoms with van der Waals surface area (Å²) in [5.41, 5.74) is 0.583. The summed E-state index contributed by atoms with van der Waals surface area (Å²) >= 11 is 0. The zero-order chi connectivity index (χ0) is 14.6. The van der Waals surface area contributed by atoms with Gasteiger partial charge in [0, 0.05) is 25.2 Å². The molecule has 1 N–H and O–H groups in total. The lowest BCUT2D eigenvalue weighted by Crippen LogP contribution is -2.43. The Morgan fingerprint density at radius 1 is 1.25 bits per heavy atom. The lowest BCUT2D eigenvalue weighted by molar-refractivity contribution is -0.131. The molecule has 5 nitrogen and oxygen atoms in total. The first-order chi connectivity index (χ1) is 9.53. The van der Waals surface area contributed by atoms with Crippen molar-refractivity contribution in [2.75, 3.05) is 17.8 Å². The van der Waals surface area contributed by atoms with Gasteiger partial charge in [0.15, 0.2) is 0 Å². The second kappa shape index (κ2) is 6.26. The highest BCUT2D eigenvalue weighted by Gasteiger charge is 2.31. The van der Waals surface area contributed by atoms with Crippen LogP contribution in [0.1, 0.15) is 26.2 Å². The molecule has 0 atom stereocenters. The number of rotatable bonds is 4. The van der Waals surface area contributed by atoms with E-state index in [9.17, 15) is 13.2 Å². The first-order valence-corrected chi connectivity index (χ1v) is 8.42. The smallest absolute Gasteiger partial charge is 0.235 e. The predicted octanol–water partition coefficient (Wildman–Crippen LogP) is 1.83. The molecular formula is C14H20N2O3S. The van der Waals surface area contributed by atoms with E-state index in [1.165, 1.54) is 0 Å². The highest BCUT2D eigenvalue weighted by atomic mass is 32.2. The first-order valence-electron chi connectivity index (χ1n) is 6.87. The number of carbonyl (C=O) groups excluding carboxylic acids is 1. The molecule has 1 heterocycles. The van der Waals surface area contributed by atoms with Gasteiger partial charge >= 0.3 is 0 Å². The van der Waals surface area contributed by atoms with Gasteiger partial charge in [-0.3, -0.25) is 9.52 Å². The maximum Gasteiger partial charge on any atom is 0.235 e. The van der Waals surface area contributed by atoms with Crippen LogP contribution in [0, 0.1) is 0 Å². The van der Waals surface area contributed by atoms with Crippen LogP contribution in [0.5, 0.6) is 0 Å². The second-order valence-corrected chi connectivity index (χ2v) is 6.91. The monoisotopic (exact) mass is 296 g/mol. The Hall–Kier alpha value is -1.56. The van der Waals surface area contributed by atoms with Gasteiger partial charge in [-0.1, -0.05) is 25.1 Å². The molecule has 1 aliphatic rings. The van der Waals surface area contributed by atoms with E-state index in [4.69, 9.17) is 0 Å². The van der Waals surface area contributed by atoms with Crippen molar-refractivity contribution < 1.29 is 13.2 Å². The quantitative estimate of drug-likeness (QED) is 0.921. The van der Waals surface area contributed by atoms with Crippen LogP contribution in [-0.2, 0) is 14.8 Å². The fraction of sp³-hybridized carbons (Fsp3) is 0.500. The van der Waals surface area contributed by atoms with Crippen molar-refractivity contribution in [3.05, 3.63) is 30.3 Å². The third-order valence-electron chi connectivity index (χ3n) is 3.57. The van der Waals surface area contributed by atoms with Crippen LogP contribution in [0.15, 0.2) is 30.3 Å². The van der Waals surface area contributed by atoms with Crippen molar-refractivity contribution in [2.24, 2.45) is 0 Å². The second-order valence-electron chi connectivity index (χ2n) is 4.95. The van der Waals surface area contributed by atoms with E-state index in [2.05, 4.69) is 4.72 Å². The van der Waals surface area contributed by atoms with Crippen LogP contribution in [0.3, 0.4) is 0 Å². The van der Waals surface area contributed by atoms with Gasteiger partial charge in [-0.05, 0) is 25.0 Å². The number of hydrogen-bond acceptors (Lipinski definition) is 3. The topological polar surface area (TPSA) is 66.5 Å². The minimum atomic E-state index is -3.38. The number of nitrogens with one attached hydrogen (secondary N) is 1. The van der Waals surface area contributed by atoms with E-state index >= 15 is 0 Å². The van der Waals surface area contributed by atoms with Crippen LogP contribution in [0.2, 0.25) is 0 Å². The van der Waals surface area contributed by atoms with Gasteiger partial charge in [-0.25, -0.2) is 8.42 Å². The molecule has 0 unspecified atom stereocenters. The Bertz CT molecular complexity index is 549. The number of piperidine rings is 1. The standard InChI is InChI=1S/C14H20N2O3S/c1-2-14(17)16-10-8-13(9-11-16)20(18,19)15-12-6-4-3-5-7-12/h3-7,13,15H,2,8-11H2,1H3. The molecule has 1 aromatic rings. The largest absolute Gasteiger partial charge is 0.343 e. The molecule has 1 amide bonds. The minimum Gasteiger partial charge on any atom is -0.343 e. The van der Waals surface area contributed by atoms with Crippen molar-refractivity contribution in [1.82, 2.24) is 4.90 Å². The summed E-state index contributed by atoms with van der Waals surface area (Å²) in [6.45, 7) is 2.86. The summed E-state index contributed by atoms with van der Waals surface area (Å²) in [6.07, 6.45) is 1.46. The van der Waals surface area contributed by atoms with Gasteiger partial charge in [0.1, 0.15) is 0 Å². The maximum atomic E-state index is 12.3. The zero-order valence-corrected chi connectivity index (χ0v) is 12.4. The number of nitrogens with zero attached hydrogens (tertiary/aromatic N) is 1. The van der Waals surface area contributed by atoms with Gasteiger partial charge in [0.05, 0.1) is 5.25 Å². The zero-order valence-electron chi connectivity index (χ0n) is 11.6. The molecule has 1 aromatic carbocycles. The van der Waals surface area contributed by atoms with Crippen molar-refractivity contribution in [2.45, 2.75) is 31.4 Å². The Labute approximate surface area is 120 Å². The average Bonchev–Trinajstić information content (AvgIpc) is 2.47. The lowest BCUT2D eigenvalue weighted by Gasteiger charge is -2.31. The lowest BCUT2D eigenvalue weighted by atomic mass is 10.1. The molecule has 20 heavy (non-hydrogen) atoms. The van der Waals surface area contributed by atoms with E-state index < -0.39 is 15.3 Å². The van der Waals surface area contributed by atoms with E-state index in [0.717, 1.165) is 0 Å². The summed E-state index contributed by atoms with van der Waals surface area (Å²) in [5.74, 6) is 0.0943. The number of likely N-dealkylation sites (tertiary alicyclic amines) is 1. The van der Waals surface area contributed by atoms with Crippen LogP contribution in [0.25, 0.3) is 0 Å². The molecule has 0 saturated carbocycles. The van der Waals surface area contributed by atoms with E-state index in [1.54, 1.807) is 29.2 Å². The SMILES string of the molecule is CCC(=O)N1CCC(S(=O)(=O)Nc2ccccc2)CC1. The Morgan fingerprint density at radius 2 is 1.85 bits per heavy atom. The van der Waals surface area contributed by atoms with Gasteiger partial charge in [-0.15, -0.1) is 0 Å². The van der Waals surface area contributed by atoms with E-state index in [-0.39, 0.29) is 5.91 Å². The van der Waals surface area contributed by atoms with Crippen LogP contribution in [0.4, 0.5) is 5.69 Å². The molecule has 110 valence electrons. The number of benzene rings is 1. The number of carbonyl (C=O) groups is 1. The van der Waals surface area contributed by atoms with Gasteiger partial charge in [-0.2, -0.15) is 0 Å². The third kappa shape index (κ3) is 3.50. The van der Waals surface area contributed by atoms with Gasteiger partial charge in [0.2, 0.25) is 15.9 Å². The van der Waals surface area contributed by atoms with Crippen molar-refractivity contribution in [3.8, 4) is 0 Å². The van der Waals surface area contributed by atoms with Crippen LogP contribution in [-0.4, -0.2) is 37.6 Å².